The predicted molar refractivity (Wildman–Crippen MR) is 74.8 cm³/mol. The van der Waals surface area contributed by atoms with E-state index in [1.54, 1.807) is 20.1 Å². The summed E-state index contributed by atoms with van der Waals surface area (Å²) >= 11 is 0. The van der Waals surface area contributed by atoms with Crippen molar-refractivity contribution in [2.45, 2.75) is 6.92 Å². The lowest BCUT2D eigenvalue weighted by atomic mass is 10.4. The number of nitrogens with two attached hydrogens (primary N) is 1. The maximum absolute atomic E-state index is 11.2. The molecule has 0 aromatic heterocycles. The molecular formula is C13H19NO4Si. The summed E-state index contributed by atoms with van der Waals surface area (Å²) in [6.07, 6.45) is 3.17. The second-order valence-corrected chi connectivity index (χ2v) is 6.94. The van der Waals surface area contributed by atoms with E-state index < -0.39 is 14.5 Å². The van der Waals surface area contributed by atoms with Crippen LogP contribution in [0, 0.1) is 0 Å². The number of benzene rings is 1. The predicted octanol–water partition coefficient (Wildman–Crippen LogP) is 0.574. The van der Waals surface area contributed by atoms with Crippen molar-refractivity contribution in [1.29, 1.82) is 0 Å². The zero-order valence-electron chi connectivity index (χ0n) is 11.2. The third-order valence-electron chi connectivity index (χ3n) is 2.61. The second kappa shape index (κ2) is 7.85. The second-order valence-electron chi connectivity index (χ2n) is 3.75. The molecule has 2 N–H and O–H groups in total. The molecule has 0 saturated carbocycles. The molecule has 5 nitrogen and oxygen atoms in total. The van der Waals surface area contributed by atoms with Crippen LogP contribution in [-0.4, -0.2) is 34.6 Å². The first-order valence-electron chi connectivity index (χ1n) is 5.92. The smallest absolute Gasteiger partial charge is 0.388 e. The van der Waals surface area contributed by atoms with Gasteiger partial charge in [0.25, 0.3) is 0 Å². The molecule has 0 bridgehead atoms. The highest BCUT2D eigenvalue weighted by Crippen LogP contribution is 2.06. The Bertz CT molecular complexity index is 418. The quantitative estimate of drug-likeness (QED) is 0.342. The van der Waals surface area contributed by atoms with Crippen molar-refractivity contribution < 1.29 is 18.4 Å². The van der Waals surface area contributed by atoms with Gasteiger partial charge in [-0.3, -0.25) is 0 Å². The monoisotopic (exact) mass is 281 g/mol. The lowest BCUT2D eigenvalue weighted by molar-refractivity contribution is -0.145. The highest BCUT2D eigenvalue weighted by atomic mass is 28.4. The van der Waals surface area contributed by atoms with Gasteiger partial charge in [-0.05, 0) is 12.1 Å². The van der Waals surface area contributed by atoms with Crippen molar-refractivity contribution in [1.82, 2.24) is 0 Å². The minimum Gasteiger partial charge on any atom is -0.436 e. The lowest BCUT2D eigenvalue weighted by Gasteiger charge is -2.27. The van der Waals surface area contributed by atoms with E-state index in [9.17, 15) is 4.79 Å². The summed E-state index contributed by atoms with van der Waals surface area (Å²) in [5, 5.41) is 0.905. The van der Waals surface area contributed by atoms with E-state index in [1.807, 2.05) is 30.3 Å². The fourth-order valence-electron chi connectivity index (χ4n) is 1.58. The van der Waals surface area contributed by atoms with E-state index in [4.69, 9.17) is 19.3 Å². The minimum absolute atomic E-state index is 0.171. The summed E-state index contributed by atoms with van der Waals surface area (Å²) in [4.78, 5) is 11.2. The summed E-state index contributed by atoms with van der Waals surface area (Å²) in [6.45, 7) is 1.56. The fourth-order valence-corrected chi connectivity index (χ4v) is 3.57. The maximum atomic E-state index is 11.2. The summed E-state index contributed by atoms with van der Waals surface area (Å²) in [6, 6.07) is 9.48. The SMILES string of the molecule is CC=CC(=O)OCO[Si](CN)(OC)c1ccccc1. The zero-order chi connectivity index (χ0) is 14.1. The Labute approximate surface area is 114 Å². The van der Waals surface area contributed by atoms with Gasteiger partial charge in [-0.2, -0.15) is 0 Å². The van der Waals surface area contributed by atoms with Crippen LogP contribution in [0.5, 0.6) is 0 Å². The standard InChI is InChI=1S/C13H19NO4Si/c1-3-7-13(15)17-11-18-19(10-14,16-2)12-8-5-4-6-9-12/h3-9H,10-11,14H2,1-2H3. The van der Waals surface area contributed by atoms with Crippen LogP contribution in [-0.2, 0) is 18.4 Å². The molecule has 0 heterocycles. The van der Waals surface area contributed by atoms with Crippen molar-refractivity contribution in [2.75, 3.05) is 20.1 Å². The first kappa shape index (κ1) is 15.6. The topological polar surface area (TPSA) is 70.8 Å². The molecule has 1 atom stereocenters. The molecule has 104 valence electrons. The van der Waals surface area contributed by atoms with Gasteiger partial charge >= 0.3 is 14.5 Å². The van der Waals surface area contributed by atoms with E-state index in [2.05, 4.69) is 0 Å². The number of ether oxygens (including phenoxy) is 1. The first-order chi connectivity index (χ1) is 9.18. The van der Waals surface area contributed by atoms with Gasteiger partial charge in [0.2, 0.25) is 0 Å². The van der Waals surface area contributed by atoms with Crippen molar-refractivity contribution in [3.8, 4) is 0 Å². The Kier molecular flexibility index (Phi) is 6.44. The molecule has 0 radical (unpaired) electrons. The molecule has 0 saturated heterocycles. The molecular weight excluding hydrogens is 262 g/mol. The van der Waals surface area contributed by atoms with Crippen LogP contribution >= 0.6 is 0 Å². The zero-order valence-corrected chi connectivity index (χ0v) is 12.2. The normalized spacial score (nSPS) is 14.3. The molecule has 19 heavy (non-hydrogen) atoms. The van der Waals surface area contributed by atoms with Crippen molar-refractivity contribution in [3.05, 3.63) is 42.5 Å². The van der Waals surface area contributed by atoms with E-state index >= 15 is 0 Å². The first-order valence-corrected chi connectivity index (χ1v) is 7.95. The van der Waals surface area contributed by atoms with Crippen LogP contribution in [0.25, 0.3) is 0 Å². The molecule has 1 unspecified atom stereocenters. The number of hydrogen-bond acceptors (Lipinski definition) is 5. The number of esters is 1. The van der Waals surface area contributed by atoms with Gasteiger partial charge in [0, 0.05) is 19.4 Å². The van der Waals surface area contributed by atoms with Crippen molar-refractivity contribution >= 4 is 19.7 Å². The summed E-state index contributed by atoms with van der Waals surface area (Å²) in [5.41, 5.74) is 5.78. The van der Waals surface area contributed by atoms with Gasteiger partial charge in [-0.25, -0.2) is 4.79 Å². The maximum Gasteiger partial charge on any atom is 0.388 e. The van der Waals surface area contributed by atoms with Crippen molar-refractivity contribution in [2.24, 2.45) is 5.73 Å². The number of allylic oxidation sites excluding steroid dienone is 1. The summed E-state index contributed by atoms with van der Waals surface area (Å²) < 4.78 is 16.1. The molecule has 0 fully saturated rings. The summed E-state index contributed by atoms with van der Waals surface area (Å²) in [5.74, 6) is -0.452. The number of rotatable bonds is 7. The van der Waals surface area contributed by atoms with E-state index in [0.29, 0.717) is 0 Å². The Morgan fingerprint density at radius 3 is 2.58 bits per heavy atom. The molecule has 0 amide bonds. The Morgan fingerprint density at radius 1 is 1.37 bits per heavy atom. The Balaban J connectivity index is 2.70. The Hall–Kier alpha value is -1.47. The van der Waals surface area contributed by atoms with E-state index in [1.165, 1.54) is 6.08 Å². The molecule has 1 aromatic carbocycles. The van der Waals surface area contributed by atoms with Gasteiger partial charge in [0.05, 0.1) is 0 Å². The number of hydrogen-bond donors (Lipinski definition) is 1. The summed E-state index contributed by atoms with van der Waals surface area (Å²) in [7, 11) is -1.18. The van der Waals surface area contributed by atoms with Gasteiger partial charge in [-0.15, -0.1) is 0 Å². The van der Waals surface area contributed by atoms with Gasteiger partial charge in [-0.1, -0.05) is 36.4 Å². The van der Waals surface area contributed by atoms with Gasteiger partial charge in [0.15, 0.2) is 6.79 Å². The van der Waals surface area contributed by atoms with Crippen LogP contribution < -0.4 is 10.9 Å². The highest BCUT2D eigenvalue weighted by molar-refractivity contribution is 6.81. The molecule has 6 heteroatoms. The van der Waals surface area contributed by atoms with Gasteiger partial charge < -0.3 is 19.3 Å². The van der Waals surface area contributed by atoms with E-state index in [-0.39, 0.29) is 13.0 Å². The number of carbonyl (C=O) groups excluding carboxylic acids is 1. The third-order valence-corrected chi connectivity index (χ3v) is 5.60. The van der Waals surface area contributed by atoms with Crippen LogP contribution in [0.4, 0.5) is 0 Å². The molecule has 1 aromatic rings. The molecule has 1 rings (SSSR count). The largest absolute Gasteiger partial charge is 0.436 e. The highest BCUT2D eigenvalue weighted by Gasteiger charge is 2.38. The average molecular weight is 281 g/mol. The van der Waals surface area contributed by atoms with Crippen molar-refractivity contribution in [3.63, 3.8) is 0 Å². The molecule has 0 aliphatic heterocycles. The molecule has 0 spiro atoms. The average Bonchev–Trinajstić information content (AvgIpc) is 2.45. The Morgan fingerprint density at radius 2 is 2.05 bits per heavy atom. The van der Waals surface area contributed by atoms with Crippen LogP contribution in [0.1, 0.15) is 6.92 Å². The minimum atomic E-state index is -2.73. The van der Waals surface area contributed by atoms with E-state index in [0.717, 1.165) is 5.19 Å². The van der Waals surface area contributed by atoms with Crippen LogP contribution in [0.2, 0.25) is 0 Å². The fraction of sp³-hybridized carbons (Fsp3) is 0.308. The third kappa shape index (κ3) is 4.29. The van der Waals surface area contributed by atoms with Gasteiger partial charge in [0.1, 0.15) is 0 Å². The molecule has 0 aliphatic carbocycles. The number of carbonyl (C=O) groups is 1. The lowest BCUT2D eigenvalue weighted by Crippen LogP contribution is -2.59. The van der Waals surface area contributed by atoms with Crippen LogP contribution in [0.3, 0.4) is 0 Å². The van der Waals surface area contributed by atoms with Crippen LogP contribution in [0.15, 0.2) is 42.5 Å². The molecule has 0 aliphatic rings.